The van der Waals surface area contributed by atoms with E-state index in [-0.39, 0.29) is 6.03 Å². The molecule has 1 aliphatic heterocycles. The lowest BCUT2D eigenvalue weighted by atomic mass is 10.1. The molecule has 0 radical (unpaired) electrons. The van der Waals surface area contributed by atoms with Crippen molar-refractivity contribution in [2.24, 2.45) is 5.73 Å². The van der Waals surface area contributed by atoms with Gasteiger partial charge in [0.15, 0.2) is 0 Å². The fourth-order valence-corrected chi connectivity index (χ4v) is 2.31. The Morgan fingerprint density at radius 3 is 2.80 bits per heavy atom. The summed E-state index contributed by atoms with van der Waals surface area (Å²) in [7, 11) is 0. The first-order valence-electron chi connectivity index (χ1n) is 7.06. The van der Waals surface area contributed by atoms with Crippen LogP contribution < -0.4 is 11.1 Å². The van der Waals surface area contributed by atoms with Gasteiger partial charge in [-0.2, -0.15) is 0 Å². The zero-order chi connectivity index (χ0) is 14.4. The molecular formula is C16H21N3O. The van der Waals surface area contributed by atoms with Crippen LogP contribution in [0.3, 0.4) is 0 Å². The molecule has 0 bridgehead atoms. The molecule has 1 heterocycles. The third-order valence-electron chi connectivity index (χ3n) is 3.39. The lowest BCUT2D eigenvalue weighted by molar-refractivity contribution is 0.200. The van der Waals surface area contributed by atoms with Crippen LogP contribution in [0.25, 0.3) is 0 Å². The molecule has 106 valence electrons. The van der Waals surface area contributed by atoms with E-state index in [0.29, 0.717) is 6.54 Å². The van der Waals surface area contributed by atoms with E-state index in [1.165, 1.54) is 6.42 Å². The van der Waals surface area contributed by atoms with Crippen LogP contribution in [-0.4, -0.2) is 30.6 Å². The van der Waals surface area contributed by atoms with Gasteiger partial charge in [0.25, 0.3) is 0 Å². The number of anilines is 1. The largest absolute Gasteiger partial charge is 0.325 e. The summed E-state index contributed by atoms with van der Waals surface area (Å²) in [5.74, 6) is 5.85. The van der Waals surface area contributed by atoms with Crippen molar-refractivity contribution in [3.63, 3.8) is 0 Å². The molecule has 1 fully saturated rings. The number of rotatable bonds is 1. The molecule has 0 aromatic heterocycles. The molecule has 3 N–H and O–H groups in total. The second kappa shape index (κ2) is 6.97. The van der Waals surface area contributed by atoms with E-state index in [1.54, 1.807) is 0 Å². The highest BCUT2D eigenvalue weighted by atomic mass is 16.2. The molecule has 1 aromatic rings. The van der Waals surface area contributed by atoms with Crippen molar-refractivity contribution in [3.8, 4) is 11.8 Å². The first kappa shape index (κ1) is 14.4. The Bertz CT molecular complexity index is 536. The molecule has 1 aromatic carbocycles. The van der Waals surface area contributed by atoms with Gasteiger partial charge in [0.1, 0.15) is 0 Å². The van der Waals surface area contributed by atoms with E-state index >= 15 is 0 Å². The number of likely N-dealkylation sites (tertiary alicyclic amines) is 1. The summed E-state index contributed by atoms with van der Waals surface area (Å²) in [6.07, 6.45) is 3.38. The Balaban J connectivity index is 2.13. The molecule has 4 heteroatoms. The van der Waals surface area contributed by atoms with Gasteiger partial charge in [-0.05, 0) is 43.9 Å². The van der Waals surface area contributed by atoms with Gasteiger partial charge in [0.2, 0.25) is 0 Å². The number of hydrogen-bond acceptors (Lipinski definition) is 2. The number of nitrogens with one attached hydrogen (secondary N) is 1. The van der Waals surface area contributed by atoms with Crippen molar-refractivity contribution in [2.75, 3.05) is 25.0 Å². The minimum atomic E-state index is -0.0376. The maximum atomic E-state index is 12.2. The fourth-order valence-electron chi connectivity index (χ4n) is 2.31. The SMILES string of the molecule is Cc1ccc(NC(=O)N2CCCCC2)c(C#CCN)c1. The second-order valence-electron chi connectivity index (χ2n) is 5.03. The van der Waals surface area contributed by atoms with Crippen LogP contribution in [-0.2, 0) is 0 Å². The average molecular weight is 271 g/mol. The molecule has 20 heavy (non-hydrogen) atoms. The van der Waals surface area contributed by atoms with Gasteiger partial charge >= 0.3 is 6.03 Å². The number of amides is 2. The Hall–Kier alpha value is -1.99. The third-order valence-corrected chi connectivity index (χ3v) is 3.39. The molecule has 2 amide bonds. The minimum absolute atomic E-state index is 0.0376. The number of carbonyl (C=O) groups is 1. The summed E-state index contributed by atoms with van der Waals surface area (Å²) in [5.41, 5.74) is 8.10. The highest BCUT2D eigenvalue weighted by molar-refractivity contribution is 5.91. The smallest absolute Gasteiger partial charge is 0.321 e. The third kappa shape index (κ3) is 3.75. The van der Waals surface area contributed by atoms with Gasteiger partial charge in [-0.25, -0.2) is 4.79 Å². The molecule has 4 nitrogen and oxygen atoms in total. The Kier molecular flexibility index (Phi) is 5.03. The number of carbonyl (C=O) groups excluding carboxylic acids is 1. The summed E-state index contributed by atoms with van der Waals surface area (Å²) in [5, 5.41) is 2.96. The number of nitrogens with two attached hydrogens (primary N) is 1. The van der Waals surface area contributed by atoms with Crippen LogP contribution in [0, 0.1) is 18.8 Å². The molecule has 1 saturated heterocycles. The van der Waals surface area contributed by atoms with Crippen LogP contribution in [0.2, 0.25) is 0 Å². The molecule has 0 saturated carbocycles. The number of aryl methyl sites for hydroxylation is 1. The monoisotopic (exact) mass is 271 g/mol. The zero-order valence-corrected chi connectivity index (χ0v) is 11.9. The van der Waals surface area contributed by atoms with E-state index < -0.39 is 0 Å². The van der Waals surface area contributed by atoms with E-state index in [1.807, 2.05) is 30.0 Å². The van der Waals surface area contributed by atoms with Crippen molar-refractivity contribution >= 4 is 11.7 Å². The van der Waals surface area contributed by atoms with Crippen LogP contribution >= 0.6 is 0 Å². The van der Waals surface area contributed by atoms with Crippen LogP contribution in [0.15, 0.2) is 18.2 Å². The molecule has 0 spiro atoms. The normalized spacial score (nSPS) is 14.4. The Morgan fingerprint density at radius 2 is 2.10 bits per heavy atom. The van der Waals surface area contributed by atoms with Crippen molar-refractivity contribution in [2.45, 2.75) is 26.2 Å². The maximum absolute atomic E-state index is 12.2. The van der Waals surface area contributed by atoms with Crippen molar-refractivity contribution in [1.29, 1.82) is 0 Å². The van der Waals surface area contributed by atoms with Gasteiger partial charge in [0.05, 0.1) is 12.2 Å². The molecule has 2 rings (SSSR count). The summed E-state index contributed by atoms with van der Waals surface area (Å²) in [6, 6.07) is 5.80. The topological polar surface area (TPSA) is 58.4 Å². The van der Waals surface area contributed by atoms with Gasteiger partial charge < -0.3 is 16.0 Å². The standard InChI is InChI=1S/C16H21N3O/c1-13-7-8-15(14(12-13)6-5-9-17)18-16(20)19-10-3-2-4-11-19/h7-8,12H,2-4,9-11,17H2,1H3,(H,18,20). The fraction of sp³-hybridized carbons (Fsp3) is 0.438. The summed E-state index contributed by atoms with van der Waals surface area (Å²) < 4.78 is 0. The van der Waals surface area contributed by atoms with Gasteiger partial charge in [-0.1, -0.05) is 17.9 Å². The second-order valence-corrected chi connectivity index (χ2v) is 5.03. The van der Waals surface area contributed by atoms with Crippen LogP contribution in [0.5, 0.6) is 0 Å². The summed E-state index contributed by atoms with van der Waals surface area (Å²) in [4.78, 5) is 14.1. The number of hydrogen-bond donors (Lipinski definition) is 2. The molecule has 0 unspecified atom stereocenters. The first-order chi connectivity index (χ1) is 9.70. The van der Waals surface area contributed by atoms with E-state index in [9.17, 15) is 4.79 Å². The van der Waals surface area contributed by atoms with Crippen LogP contribution in [0.1, 0.15) is 30.4 Å². The predicted molar refractivity (Wildman–Crippen MR) is 81.6 cm³/mol. The lowest BCUT2D eigenvalue weighted by Crippen LogP contribution is -2.38. The van der Waals surface area contributed by atoms with Gasteiger partial charge in [-0.3, -0.25) is 0 Å². The summed E-state index contributed by atoms with van der Waals surface area (Å²) in [6.45, 7) is 3.99. The average Bonchev–Trinajstić information content (AvgIpc) is 2.48. The van der Waals surface area contributed by atoms with Crippen LogP contribution in [0.4, 0.5) is 10.5 Å². The quantitative estimate of drug-likeness (QED) is 0.770. The maximum Gasteiger partial charge on any atom is 0.321 e. The van der Waals surface area contributed by atoms with Crippen molar-refractivity contribution < 1.29 is 4.79 Å². The zero-order valence-electron chi connectivity index (χ0n) is 11.9. The number of nitrogens with zero attached hydrogens (tertiary/aromatic N) is 1. The van der Waals surface area contributed by atoms with Crippen molar-refractivity contribution in [3.05, 3.63) is 29.3 Å². The van der Waals surface area contributed by atoms with Crippen molar-refractivity contribution in [1.82, 2.24) is 4.90 Å². The summed E-state index contributed by atoms with van der Waals surface area (Å²) >= 11 is 0. The Morgan fingerprint density at radius 1 is 1.35 bits per heavy atom. The van der Waals surface area contributed by atoms with E-state index in [4.69, 9.17) is 5.73 Å². The van der Waals surface area contributed by atoms with Gasteiger partial charge in [-0.15, -0.1) is 0 Å². The predicted octanol–water partition coefficient (Wildman–Crippen LogP) is 2.32. The van der Waals surface area contributed by atoms with Gasteiger partial charge in [0, 0.05) is 18.7 Å². The first-order valence-corrected chi connectivity index (χ1v) is 7.06. The highest BCUT2D eigenvalue weighted by Gasteiger charge is 2.17. The number of urea groups is 1. The Labute approximate surface area is 120 Å². The number of piperidine rings is 1. The molecule has 0 atom stereocenters. The minimum Gasteiger partial charge on any atom is -0.325 e. The van der Waals surface area contributed by atoms with E-state index in [0.717, 1.165) is 42.7 Å². The highest BCUT2D eigenvalue weighted by Crippen LogP contribution is 2.18. The number of benzene rings is 1. The molecule has 1 aliphatic rings. The lowest BCUT2D eigenvalue weighted by Gasteiger charge is -2.27. The molecule has 0 aliphatic carbocycles. The van der Waals surface area contributed by atoms with E-state index in [2.05, 4.69) is 17.2 Å². The molecular weight excluding hydrogens is 250 g/mol.